The molecule has 1 aromatic carbocycles. The van der Waals surface area contributed by atoms with Gasteiger partial charge in [0, 0.05) is 16.8 Å². The third-order valence-electron chi connectivity index (χ3n) is 4.50. The molecule has 0 aliphatic heterocycles. The Morgan fingerprint density at radius 3 is 2.72 bits per heavy atom. The van der Waals surface area contributed by atoms with Crippen LogP contribution in [0.4, 0.5) is 10.2 Å². The zero-order valence-electron chi connectivity index (χ0n) is 17.0. The summed E-state index contributed by atoms with van der Waals surface area (Å²) >= 11 is 1.48. The van der Waals surface area contributed by atoms with Crippen LogP contribution in [0, 0.1) is 11.7 Å². The van der Waals surface area contributed by atoms with Gasteiger partial charge < -0.3 is 15.2 Å². The van der Waals surface area contributed by atoms with Crippen molar-refractivity contribution in [3.05, 3.63) is 42.3 Å². The summed E-state index contributed by atoms with van der Waals surface area (Å²) in [6.45, 7) is 4.79. The number of nitrogens with two attached hydrogens (primary N) is 1. The maximum atomic E-state index is 13.0. The number of anilines is 1. The van der Waals surface area contributed by atoms with Crippen molar-refractivity contribution in [2.45, 2.75) is 50.8 Å². The van der Waals surface area contributed by atoms with E-state index >= 15 is 0 Å². The first kappa shape index (κ1) is 23.0. The summed E-state index contributed by atoms with van der Waals surface area (Å²) in [7, 11) is 0. The van der Waals surface area contributed by atoms with Crippen LogP contribution in [0.25, 0.3) is 0 Å². The lowest BCUT2D eigenvalue weighted by Gasteiger charge is -2.14. The van der Waals surface area contributed by atoms with Crippen LogP contribution in [0.3, 0.4) is 0 Å². The van der Waals surface area contributed by atoms with Gasteiger partial charge in [-0.05, 0) is 42.7 Å². The van der Waals surface area contributed by atoms with E-state index in [2.05, 4.69) is 18.8 Å². The van der Waals surface area contributed by atoms with E-state index in [-0.39, 0.29) is 17.6 Å². The number of rotatable bonds is 12. The second-order valence-electron chi connectivity index (χ2n) is 6.81. The monoisotopic (exact) mass is 420 g/mol. The van der Waals surface area contributed by atoms with Crippen molar-refractivity contribution in [1.29, 1.82) is 0 Å². The van der Waals surface area contributed by atoms with Crippen molar-refractivity contribution < 1.29 is 18.7 Å². The number of benzene rings is 1. The number of hydrogen-bond donors (Lipinski definition) is 1. The normalized spacial score (nSPS) is 11.8. The van der Waals surface area contributed by atoms with Crippen molar-refractivity contribution >= 4 is 23.5 Å². The number of carbonyl (C=O) groups excluding carboxylic acids is 1. The highest BCUT2D eigenvalue weighted by Gasteiger charge is 2.11. The van der Waals surface area contributed by atoms with E-state index in [4.69, 9.17) is 15.2 Å². The summed E-state index contributed by atoms with van der Waals surface area (Å²) in [5, 5.41) is 0. The minimum atomic E-state index is -0.338. The lowest BCUT2D eigenvalue weighted by molar-refractivity contribution is -0.144. The molecule has 0 fully saturated rings. The summed E-state index contributed by atoms with van der Waals surface area (Å²) in [6.07, 6.45) is 6.41. The number of carbonyl (C=O) groups is 1. The molecule has 2 aromatic rings. The second-order valence-corrected chi connectivity index (χ2v) is 7.98. The van der Waals surface area contributed by atoms with E-state index in [0.717, 1.165) is 24.2 Å². The van der Waals surface area contributed by atoms with Gasteiger partial charge in [0.1, 0.15) is 11.6 Å². The Morgan fingerprint density at radius 2 is 2.03 bits per heavy atom. The average molecular weight is 421 g/mol. The fourth-order valence-corrected chi connectivity index (χ4v) is 3.48. The van der Waals surface area contributed by atoms with Gasteiger partial charge in [0.25, 0.3) is 0 Å². The Hall–Kier alpha value is -2.28. The highest BCUT2D eigenvalue weighted by molar-refractivity contribution is 7.99. The summed E-state index contributed by atoms with van der Waals surface area (Å²) in [6, 6.07) is 7.44. The van der Waals surface area contributed by atoms with Crippen molar-refractivity contribution in [2.75, 3.05) is 18.1 Å². The van der Waals surface area contributed by atoms with Crippen LogP contribution in [0.5, 0.6) is 11.5 Å². The molecule has 0 bridgehead atoms. The number of pyridine rings is 1. The van der Waals surface area contributed by atoms with Gasteiger partial charge in [-0.2, -0.15) is 0 Å². The predicted molar refractivity (Wildman–Crippen MR) is 115 cm³/mol. The largest absolute Gasteiger partial charge is 0.465 e. The van der Waals surface area contributed by atoms with Crippen LogP contribution >= 0.6 is 11.8 Å². The number of ether oxygens (including phenoxy) is 2. The van der Waals surface area contributed by atoms with Crippen LogP contribution in [0.2, 0.25) is 0 Å². The summed E-state index contributed by atoms with van der Waals surface area (Å²) in [4.78, 5) is 17.0. The van der Waals surface area contributed by atoms with Gasteiger partial charge in [-0.1, -0.05) is 33.1 Å². The molecule has 1 unspecified atom stereocenters. The van der Waals surface area contributed by atoms with Gasteiger partial charge in [-0.15, -0.1) is 11.8 Å². The third kappa shape index (κ3) is 8.31. The Balaban J connectivity index is 1.80. The fraction of sp³-hybridized carbons (Fsp3) is 0.455. The molecule has 158 valence electrons. The number of thioether (sulfide) groups is 1. The smallest absolute Gasteiger partial charge is 0.306 e. The van der Waals surface area contributed by atoms with Gasteiger partial charge in [0.05, 0.1) is 13.0 Å². The first-order chi connectivity index (χ1) is 14.0. The van der Waals surface area contributed by atoms with Crippen LogP contribution in [-0.2, 0) is 9.53 Å². The molecular weight excluding hydrogens is 391 g/mol. The highest BCUT2D eigenvalue weighted by atomic mass is 32.2. The molecule has 29 heavy (non-hydrogen) atoms. The van der Waals surface area contributed by atoms with E-state index < -0.39 is 0 Å². The van der Waals surface area contributed by atoms with Gasteiger partial charge >= 0.3 is 5.97 Å². The van der Waals surface area contributed by atoms with Crippen molar-refractivity contribution in [3.63, 3.8) is 0 Å². The Kier molecular flexibility index (Phi) is 9.77. The summed E-state index contributed by atoms with van der Waals surface area (Å²) < 4.78 is 24.1. The summed E-state index contributed by atoms with van der Waals surface area (Å²) in [5.74, 6) is 1.61. The highest BCUT2D eigenvalue weighted by Crippen LogP contribution is 2.30. The van der Waals surface area contributed by atoms with Gasteiger partial charge in [0.15, 0.2) is 11.6 Å². The molecule has 0 saturated heterocycles. The first-order valence-electron chi connectivity index (χ1n) is 9.99. The second kappa shape index (κ2) is 12.3. The number of nitrogen functional groups attached to an aromatic ring is 1. The number of unbranched alkanes of at least 4 members (excludes halogenated alkanes) is 1. The van der Waals surface area contributed by atoms with E-state index in [1.165, 1.54) is 42.4 Å². The SMILES string of the molecule is CCCCC(CC)COC(=O)CCSc1cnc(N)c(Oc2ccc(F)cc2)c1. The Bertz CT molecular complexity index is 771. The molecule has 1 atom stereocenters. The Labute approximate surface area is 176 Å². The number of hydrogen-bond acceptors (Lipinski definition) is 6. The topological polar surface area (TPSA) is 74.4 Å². The molecule has 0 spiro atoms. The molecule has 0 aliphatic rings. The lowest BCUT2D eigenvalue weighted by Crippen LogP contribution is -2.14. The molecule has 0 aliphatic carbocycles. The molecule has 2 N–H and O–H groups in total. The number of halogens is 1. The van der Waals surface area contributed by atoms with Crippen LogP contribution in [0.15, 0.2) is 41.4 Å². The molecule has 7 heteroatoms. The standard InChI is InChI=1S/C22H29FN2O3S/c1-3-5-6-16(4-2)15-27-21(26)11-12-29-19-13-20(22(24)25-14-19)28-18-9-7-17(23)8-10-18/h7-10,13-14,16H,3-6,11-12,15H2,1-2H3,(H2,24,25). The Morgan fingerprint density at radius 1 is 1.28 bits per heavy atom. The minimum Gasteiger partial charge on any atom is -0.465 e. The molecule has 0 saturated carbocycles. The molecule has 1 aromatic heterocycles. The van der Waals surface area contributed by atoms with E-state index in [1.54, 1.807) is 12.3 Å². The molecule has 2 rings (SSSR count). The fourth-order valence-electron chi connectivity index (χ4n) is 2.66. The third-order valence-corrected chi connectivity index (χ3v) is 5.46. The van der Waals surface area contributed by atoms with E-state index in [9.17, 15) is 9.18 Å². The van der Waals surface area contributed by atoms with Crippen molar-refractivity contribution in [2.24, 2.45) is 5.92 Å². The van der Waals surface area contributed by atoms with Crippen LogP contribution in [0.1, 0.15) is 46.0 Å². The number of nitrogens with zero attached hydrogens (tertiary/aromatic N) is 1. The quantitative estimate of drug-likeness (QED) is 0.344. The van der Waals surface area contributed by atoms with E-state index in [1.807, 2.05) is 0 Å². The zero-order chi connectivity index (χ0) is 21.1. The van der Waals surface area contributed by atoms with Gasteiger partial charge in [-0.3, -0.25) is 4.79 Å². The first-order valence-corrected chi connectivity index (χ1v) is 11.0. The number of esters is 1. The predicted octanol–water partition coefficient (Wildman–Crippen LogP) is 5.84. The van der Waals surface area contributed by atoms with E-state index in [0.29, 0.717) is 36.2 Å². The number of aromatic nitrogens is 1. The zero-order valence-corrected chi connectivity index (χ0v) is 17.8. The van der Waals surface area contributed by atoms with Gasteiger partial charge in [-0.25, -0.2) is 9.37 Å². The minimum absolute atomic E-state index is 0.182. The van der Waals surface area contributed by atoms with Crippen molar-refractivity contribution in [1.82, 2.24) is 4.98 Å². The summed E-state index contributed by atoms with van der Waals surface area (Å²) in [5.41, 5.74) is 5.87. The average Bonchev–Trinajstić information content (AvgIpc) is 2.72. The van der Waals surface area contributed by atoms with Gasteiger partial charge in [0.2, 0.25) is 0 Å². The lowest BCUT2D eigenvalue weighted by atomic mass is 10.0. The molecular formula is C22H29FN2O3S. The molecule has 5 nitrogen and oxygen atoms in total. The van der Waals surface area contributed by atoms with Crippen molar-refractivity contribution in [3.8, 4) is 11.5 Å². The van der Waals surface area contributed by atoms with Crippen LogP contribution < -0.4 is 10.5 Å². The molecule has 1 heterocycles. The van der Waals surface area contributed by atoms with Crippen LogP contribution in [-0.4, -0.2) is 23.3 Å². The maximum absolute atomic E-state index is 13.0. The molecule has 0 amide bonds. The maximum Gasteiger partial charge on any atom is 0.306 e. The molecule has 0 radical (unpaired) electrons.